The highest BCUT2D eigenvalue weighted by Gasteiger charge is 2.36. The average molecular weight is 360 g/mol. The Hall–Kier alpha value is -3.80. The lowest BCUT2D eigenvalue weighted by atomic mass is 10.1. The first-order chi connectivity index (χ1) is 13.0. The van der Waals surface area contributed by atoms with E-state index in [0.717, 1.165) is 4.90 Å². The topological polar surface area (TPSA) is 66.5 Å². The van der Waals surface area contributed by atoms with Crippen molar-refractivity contribution in [3.63, 3.8) is 0 Å². The van der Waals surface area contributed by atoms with Gasteiger partial charge in [0.05, 0.1) is 16.8 Å². The van der Waals surface area contributed by atoms with Gasteiger partial charge in [-0.3, -0.25) is 14.4 Å². The van der Waals surface area contributed by atoms with Gasteiger partial charge in [0.15, 0.2) is 0 Å². The predicted octanol–water partition coefficient (Wildman–Crippen LogP) is 3.88. The first-order valence-electron chi connectivity index (χ1n) is 8.19. The molecular formula is C21H13FN2O3. The molecule has 0 radical (unpaired) electrons. The summed E-state index contributed by atoms with van der Waals surface area (Å²) in [6.07, 6.45) is 0. The number of imide groups is 1. The molecule has 0 aliphatic carbocycles. The highest BCUT2D eigenvalue weighted by molar-refractivity contribution is 6.34. The van der Waals surface area contributed by atoms with Crippen LogP contribution in [-0.2, 0) is 0 Å². The smallest absolute Gasteiger partial charge is 0.266 e. The first-order valence-corrected chi connectivity index (χ1v) is 8.19. The van der Waals surface area contributed by atoms with E-state index in [1.54, 1.807) is 36.4 Å². The highest BCUT2D eigenvalue weighted by Crippen LogP contribution is 2.28. The normalized spacial score (nSPS) is 12.9. The summed E-state index contributed by atoms with van der Waals surface area (Å²) in [6, 6.07) is 18.2. The van der Waals surface area contributed by atoms with E-state index in [4.69, 9.17) is 0 Å². The molecule has 27 heavy (non-hydrogen) atoms. The van der Waals surface area contributed by atoms with Gasteiger partial charge in [0.25, 0.3) is 17.7 Å². The van der Waals surface area contributed by atoms with Gasteiger partial charge in [0.1, 0.15) is 5.82 Å². The molecule has 1 aliphatic rings. The second kappa shape index (κ2) is 6.49. The van der Waals surface area contributed by atoms with Crippen molar-refractivity contribution in [3.05, 3.63) is 95.3 Å². The van der Waals surface area contributed by atoms with Crippen LogP contribution in [0.25, 0.3) is 0 Å². The summed E-state index contributed by atoms with van der Waals surface area (Å²) in [5.41, 5.74) is 1.92. The van der Waals surface area contributed by atoms with E-state index in [2.05, 4.69) is 5.32 Å². The van der Waals surface area contributed by atoms with Crippen LogP contribution in [0.5, 0.6) is 0 Å². The van der Waals surface area contributed by atoms with E-state index in [0.29, 0.717) is 28.1 Å². The Balaban J connectivity index is 1.54. The molecule has 3 aromatic rings. The summed E-state index contributed by atoms with van der Waals surface area (Å²) >= 11 is 0. The number of halogens is 1. The number of benzene rings is 3. The van der Waals surface area contributed by atoms with Crippen LogP contribution in [0.15, 0.2) is 72.8 Å². The molecule has 1 aliphatic heterocycles. The lowest BCUT2D eigenvalue weighted by Crippen LogP contribution is -2.29. The van der Waals surface area contributed by atoms with E-state index in [9.17, 15) is 18.8 Å². The number of fused-ring (bicyclic) bond motifs is 1. The fourth-order valence-corrected chi connectivity index (χ4v) is 2.92. The lowest BCUT2D eigenvalue weighted by Gasteiger charge is -2.14. The minimum absolute atomic E-state index is 0.347. The van der Waals surface area contributed by atoms with E-state index in [1.807, 2.05) is 0 Å². The Morgan fingerprint density at radius 2 is 1.33 bits per heavy atom. The van der Waals surface area contributed by atoms with Crippen molar-refractivity contribution in [3.8, 4) is 0 Å². The maximum Gasteiger partial charge on any atom is 0.266 e. The van der Waals surface area contributed by atoms with Crippen molar-refractivity contribution in [2.24, 2.45) is 0 Å². The second-order valence-corrected chi connectivity index (χ2v) is 6.00. The van der Waals surface area contributed by atoms with Gasteiger partial charge in [0.2, 0.25) is 0 Å². The summed E-state index contributed by atoms with van der Waals surface area (Å²) < 4.78 is 12.9. The van der Waals surface area contributed by atoms with Crippen LogP contribution >= 0.6 is 0 Å². The number of carbonyl (C=O) groups excluding carboxylic acids is 3. The SMILES string of the molecule is O=C(Nc1ccc(F)cc1)c1ccc(N2C(=O)c3ccccc3C2=O)cc1. The minimum Gasteiger partial charge on any atom is -0.322 e. The molecule has 3 amide bonds. The number of carbonyl (C=O) groups is 3. The standard InChI is InChI=1S/C21H13FN2O3/c22-14-7-9-15(10-8-14)23-19(25)13-5-11-16(12-6-13)24-20(26)17-3-1-2-4-18(17)21(24)27/h1-12H,(H,23,25). The Morgan fingerprint density at radius 3 is 1.89 bits per heavy atom. The molecule has 3 aromatic carbocycles. The number of nitrogens with one attached hydrogen (secondary N) is 1. The van der Waals surface area contributed by atoms with Crippen molar-refractivity contribution >= 4 is 29.1 Å². The van der Waals surface area contributed by atoms with Crippen LogP contribution in [0, 0.1) is 5.82 Å². The maximum atomic E-state index is 12.9. The van der Waals surface area contributed by atoms with E-state index in [1.165, 1.54) is 36.4 Å². The number of amides is 3. The molecule has 0 saturated carbocycles. The van der Waals surface area contributed by atoms with Gasteiger partial charge in [-0.25, -0.2) is 9.29 Å². The summed E-state index contributed by atoms with van der Waals surface area (Å²) in [6.45, 7) is 0. The van der Waals surface area contributed by atoms with Crippen molar-refractivity contribution < 1.29 is 18.8 Å². The zero-order valence-electron chi connectivity index (χ0n) is 14.0. The Bertz CT molecular complexity index is 1020. The van der Waals surface area contributed by atoms with Crippen LogP contribution in [0.1, 0.15) is 31.1 Å². The molecule has 1 N–H and O–H groups in total. The van der Waals surface area contributed by atoms with Gasteiger partial charge in [-0.1, -0.05) is 12.1 Å². The Kier molecular flexibility index (Phi) is 4.01. The predicted molar refractivity (Wildman–Crippen MR) is 98.4 cm³/mol. The highest BCUT2D eigenvalue weighted by atomic mass is 19.1. The first kappa shape index (κ1) is 16.7. The largest absolute Gasteiger partial charge is 0.322 e. The molecule has 0 spiro atoms. The van der Waals surface area contributed by atoms with Crippen LogP contribution in [0.3, 0.4) is 0 Å². The zero-order valence-corrected chi connectivity index (χ0v) is 14.0. The molecule has 6 heteroatoms. The molecule has 4 rings (SSSR count). The second-order valence-electron chi connectivity index (χ2n) is 6.00. The van der Waals surface area contributed by atoms with E-state index < -0.39 is 5.82 Å². The van der Waals surface area contributed by atoms with Crippen LogP contribution in [0.4, 0.5) is 15.8 Å². The van der Waals surface area contributed by atoms with Crippen LogP contribution in [0.2, 0.25) is 0 Å². The van der Waals surface area contributed by atoms with Crippen molar-refractivity contribution in [2.45, 2.75) is 0 Å². The number of hydrogen-bond donors (Lipinski definition) is 1. The maximum absolute atomic E-state index is 12.9. The van der Waals surface area contributed by atoms with Gasteiger partial charge < -0.3 is 5.32 Å². The molecule has 5 nitrogen and oxygen atoms in total. The molecular weight excluding hydrogens is 347 g/mol. The Morgan fingerprint density at radius 1 is 0.778 bits per heavy atom. The minimum atomic E-state index is -0.390. The van der Waals surface area contributed by atoms with Crippen molar-refractivity contribution in [2.75, 3.05) is 10.2 Å². The molecule has 132 valence electrons. The van der Waals surface area contributed by atoms with Crippen molar-refractivity contribution in [1.29, 1.82) is 0 Å². The van der Waals surface area contributed by atoms with Gasteiger partial charge >= 0.3 is 0 Å². The summed E-state index contributed by atoms with van der Waals surface area (Å²) in [5, 5.41) is 2.65. The molecule has 0 unspecified atom stereocenters. The molecule has 1 heterocycles. The monoisotopic (exact) mass is 360 g/mol. The van der Waals surface area contributed by atoms with Gasteiger partial charge in [0, 0.05) is 11.3 Å². The average Bonchev–Trinajstić information content (AvgIpc) is 2.95. The third-order valence-corrected chi connectivity index (χ3v) is 4.28. The fraction of sp³-hybridized carbons (Fsp3) is 0. The number of rotatable bonds is 3. The van der Waals surface area contributed by atoms with Gasteiger partial charge in [-0.15, -0.1) is 0 Å². The summed E-state index contributed by atoms with van der Waals surface area (Å²) in [4.78, 5) is 38.4. The number of nitrogens with zero attached hydrogens (tertiary/aromatic N) is 1. The van der Waals surface area contributed by atoms with E-state index in [-0.39, 0.29) is 17.7 Å². The molecule has 0 bridgehead atoms. The fourth-order valence-electron chi connectivity index (χ4n) is 2.92. The quantitative estimate of drug-likeness (QED) is 0.721. The summed E-state index contributed by atoms with van der Waals surface area (Å²) in [5.74, 6) is -1.55. The van der Waals surface area contributed by atoms with Crippen LogP contribution in [-0.4, -0.2) is 17.7 Å². The lowest BCUT2D eigenvalue weighted by molar-refractivity contribution is 0.0925. The molecule has 0 fully saturated rings. The number of hydrogen-bond acceptors (Lipinski definition) is 3. The zero-order chi connectivity index (χ0) is 19.0. The molecule has 0 aromatic heterocycles. The summed E-state index contributed by atoms with van der Waals surface area (Å²) in [7, 11) is 0. The van der Waals surface area contributed by atoms with E-state index >= 15 is 0 Å². The molecule has 0 saturated heterocycles. The van der Waals surface area contributed by atoms with Crippen molar-refractivity contribution in [1.82, 2.24) is 0 Å². The third-order valence-electron chi connectivity index (χ3n) is 4.28. The Labute approximate surface area is 154 Å². The molecule has 0 atom stereocenters. The number of anilines is 2. The van der Waals surface area contributed by atoms with Crippen LogP contribution < -0.4 is 10.2 Å². The third kappa shape index (κ3) is 2.97. The van der Waals surface area contributed by atoms with Gasteiger partial charge in [-0.2, -0.15) is 0 Å². The van der Waals surface area contributed by atoms with Gasteiger partial charge in [-0.05, 0) is 60.7 Å².